The minimum atomic E-state index is 0.604. The first-order valence-corrected chi connectivity index (χ1v) is 11.1. The van der Waals surface area contributed by atoms with Crippen molar-refractivity contribution >= 4 is 33.9 Å². The van der Waals surface area contributed by atoms with Crippen molar-refractivity contribution in [3.63, 3.8) is 0 Å². The maximum absolute atomic E-state index is 5.89. The molecule has 0 atom stereocenters. The van der Waals surface area contributed by atoms with Crippen LogP contribution in [0, 0.1) is 6.92 Å². The third-order valence-electron chi connectivity index (χ3n) is 5.21. The third-order valence-corrected chi connectivity index (χ3v) is 6.51. The minimum absolute atomic E-state index is 0.604. The van der Waals surface area contributed by atoms with Gasteiger partial charge in [0.05, 0.1) is 22.1 Å². The standard InChI is InChI=1S/C22H24N6OS/c1-3-17-26-13(2)19(30-17)22-27-20(18-21(28-22)24-10-11-29-18)23-9-8-14-12-25-16-7-5-4-6-15(14)16/h4-7,12,25H,3,8-11H2,1-2H3,(H2,23,24,27,28). The van der Waals surface area contributed by atoms with E-state index < -0.39 is 0 Å². The summed E-state index contributed by atoms with van der Waals surface area (Å²) < 4.78 is 5.89. The number of nitrogens with zero attached hydrogens (tertiary/aromatic N) is 3. The molecule has 7 nitrogen and oxygen atoms in total. The molecule has 4 heterocycles. The van der Waals surface area contributed by atoms with E-state index in [0.717, 1.165) is 58.7 Å². The number of ether oxygens (including phenoxy) is 1. The Bertz CT molecular complexity index is 1200. The number of para-hydroxylation sites is 1. The lowest BCUT2D eigenvalue weighted by Gasteiger charge is -2.21. The number of thiazole rings is 1. The molecule has 1 aliphatic heterocycles. The summed E-state index contributed by atoms with van der Waals surface area (Å²) in [7, 11) is 0. The van der Waals surface area contributed by atoms with Crippen LogP contribution in [-0.4, -0.2) is 39.6 Å². The lowest BCUT2D eigenvalue weighted by molar-refractivity contribution is 0.321. The van der Waals surface area contributed by atoms with E-state index in [1.807, 2.05) is 13.0 Å². The van der Waals surface area contributed by atoms with Crippen LogP contribution in [0.4, 0.5) is 11.6 Å². The van der Waals surface area contributed by atoms with Crippen molar-refractivity contribution in [2.24, 2.45) is 0 Å². The van der Waals surface area contributed by atoms with E-state index in [1.165, 1.54) is 10.9 Å². The van der Waals surface area contributed by atoms with E-state index >= 15 is 0 Å². The summed E-state index contributed by atoms with van der Waals surface area (Å²) >= 11 is 1.66. The van der Waals surface area contributed by atoms with Gasteiger partial charge in [0.2, 0.25) is 5.75 Å². The molecule has 30 heavy (non-hydrogen) atoms. The zero-order valence-electron chi connectivity index (χ0n) is 17.1. The summed E-state index contributed by atoms with van der Waals surface area (Å²) in [6, 6.07) is 8.37. The summed E-state index contributed by atoms with van der Waals surface area (Å²) in [6.07, 6.45) is 3.87. The summed E-state index contributed by atoms with van der Waals surface area (Å²) in [5.74, 6) is 2.86. The van der Waals surface area contributed by atoms with E-state index in [4.69, 9.17) is 14.7 Å². The number of nitrogens with one attached hydrogen (secondary N) is 3. The predicted octanol–water partition coefficient (Wildman–Crippen LogP) is 4.41. The Hall–Kier alpha value is -3.13. The molecule has 0 unspecified atom stereocenters. The van der Waals surface area contributed by atoms with Crippen LogP contribution in [0.2, 0.25) is 0 Å². The van der Waals surface area contributed by atoms with Crippen molar-refractivity contribution in [3.05, 3.63) is 46.7 Å². The second-order valence-corrected chi connectivity index (χ2v) is 8.34. The van der Waals surface area contributed by atoms with E-state index in [1.54, 1.807) is 11.3 Å². The molecular weight excluding hydrogens is 396 g/mol. The van der Waals surface area contributed by atoms with Crippen LogP contribution in [0.25, 0.3) is 21.6 Å². The van der Waals surface area contributed by atoms with Gasteiger partial charge in [-0.3, -0.25) is 0 Å². The number of H-pyrrole nitrogens is 1. The number of aryl methyl sites for hydroxylation is 2. The monoisotopic (exact) mass is 420 g/mol. The highest BCUT2D eigenvalue weighted by molar-refractivity contribution is 7.15. The maximum atomic E-state index is 5.89. The SMILES string of the molecule is CCc1nc(C)c(-c2nc3c(c(NCCc4c[nH]c5ccccc45)n2)OCCN3)s1. The number of aromatic amines is 1. The second kappa shape index (κ2) is 7.95. The van der Waals surface area contributed by atoms with Gasteiger partial charge in [0, 0.05) is 23.6 Å². The number of benzene rings is 1. The summed E-state index contributed by atoms with van der Waals surface area (Å²) in [6.45, 7) is 6.22. The van der Waals surface area contributed by atoms with Gasteiger partial charge in [-0.1, -0.05) is 25.1 Å². The van der Waals surface area contributed by atoms with Crippen LogP contribution >= 0.6 is 11.3 Å². The third kappa shape index (κ3) is 3.47. The fourth-order valence-corrected chi connectivity index (χ4v) is 4.65. The number of rotatable bonds is 6. The van der Waals surface area contributed by atoms with Crippen molar-refractivity contribution in [1.29, 1.82) is 0 Å². The van der Waals surface area contributed by atoms with E-state index in [9.17, 15) is 0 Å². The quantitative estimate of drug-likeness (QED) is 0.428. The Labute approximate surface area is 178 Å². The van der Waals surface area contributed by atoms with Gasteiger partial charge in [0.25, 0.3) is 0 Å². The zero-order chi connectivity index (χ0) is 20.5. The highest BCUT2D eigenvalue weighted by Gasteiger charge is 2.22. The van der Waals surface area contributed by atoms with Gasteiger partial charge in [-0.2, -0.15) is 0 Å². The normalized spacial score (nSPS) is 13.0. The highest BCUT2D eigenvalue weighted by Crippen LogP contribution is 2.37. The molecule has 1 aliphatic rings. The number of fused-ring (bicyclic) bond motifs is 2. The number of hydrogen-bond acceptors (Lipinski definition) is 7. The van der Waals surface area contributed by atoms with Crippen LogP contribution < -0.4 is 15.4 Å². The van der Waals surface area contributed by atoms with E-state index in [-0.39, 0.29) is 0 Å². The molecule has 0 aliphatic carbocycles. The lowest BCUT2D eigenvalue weighted by Crippen LogP contribution is -2.21. The summed E-state index contributed by atoms with van der Waals surface area (Å²) in [5.41, 5.74) is 3.42. The van der Waals surface area contributed by atoms with E-state index in [2.05, 4.69) is 51.9 Å². The van der Waals surface area contributed by atoms with Gasteiger partial charge < -0.3 is 20.4 Å². The average Bonchev–Trinajstić information content (AvgIpc) is 3.37. The van der Waals surface area contributed by atoms with E-state index in [0.29, 0.717) is 18.2 Å². The first-order valence-electron chi connectivity index (χ1n) is 10.3. The molecule has 0 spiro atoms. The fraction of sp³-hybridized carbons (Fsp3) is 0.318. The molecule has 3 aromatic heterocycles. The minimum Gasteiger partial charge on any atom is -0.485 e. The summed E-state index contributed by atoms with van der Waals surface area (Å²) in [5, 5.41) is 9.18. The van der Waals surface area contributed by atoms with Crippen LogP contribution in [0.1, 0.15) is 23.2 Å². The van der Waals surface area contributed by atoms with Gasteiger partial charge in [-0.25, -0.2) is 15.0 Å². The molecule has 0 radical (unpaired) electrons. The Morgan fingerprint density at radius 2 is 2.10 bits per heavy atom. The first-order chi connectivity index (χ1) is 14.7. The van der Waals surface area contributed by atoms with Gasteiger partial charge in [-0.15, -0.1) is 11.3 Å². The lowest BCUT2D eigenvalue weighted by atomic mass is 10.1. The molecule has 0 saturated carbocycles. The Morgan fingerprint density at radius 3 is 2.97 bits per heavy atom. The van der Waals surface area contributed by atoms with Gasteiger partial charge >= 0.3 is 0 Å². The second-order valence-electron chi connectivity index (χ2n) is 7.26. The molecule has 5 rings (SSSR count). The Kier molecular flexibility index (Phi) is 5.00. The first kappa shape index (κ1) is 18.9. The van der Waals surface area contributed by atoms with Gasteiger partial charge in [0.1, 0.15) is 6.61 Å². The molecular formula is C22H24N6OS. The largest absolute Gasteiger partial charge is 0.485 e. The molecule has 8 heteroatoms. The van der Waals surface area contributed by atoms with Crippen LogP contribution in [0.15, 0.2) is 30.5 Å². The van der Waals surface area contributed by atoms with Crippen LogP contribution in [-0.2, 0) is 12.8 Å². The summed E-state index contributed by atoms with van der Waals surface area (Å²) in [4.78, 5) is 18.5. The smallest absolute Gasteiger partial charge is 0.204 e. The van der Waals surface area contributed by atoms with Crippen molar-refractivity contribution in [1.82, 2.24) is 19.9 Å². The van der Waals surface area contributed by atoms with Gasteiger partial charge in [0.15, 0.2) is 17.5 Å². The van der Waals surface area contributed by atoms with Gasteiger partial charge in [-0.05, 0) is 31.4 Å². The van der Waals surface area contributed by atoms with Crippen molar-refractivity contribution < 1.29 is 4.74 Å². The predicted molar refractivity (Wildman–Crippen MR) is 122 cm³/mol. The Morgan fingerprint density at radius 1 is 1.20 bits per heavy atom. The van der Waals surface area contributed by atoms with Crippen LogP contribution in [0.5, 0.6) is 5.75 Å². The topological polar surface area (TPSA) is 87.8 Å². The Balaban J connectivity index is 1.42. The average molecular weight is 421 g/mol. The van der Waals surface area contributed by atoms with Crippen molar-refractivity contribution in [2.45, 2.75) is 26.7 Å². The molecule has 0 bridgehead atoms. The van der Waals surface area contributed by atoms with Crippen LogP contribution in [0.3, 0.4) is 0 Å². The highest BCUT2D eigenvalue weighted by atomic mass is 32.1. The number of aromatic nitrogens is 4. The van der Waals surface area contributed by atoms with Crippen molar-refractivity contribution in [3.8, 4) is 16.5 Å². The fourth-order valence-electron chi connectivity index (χ4n) is 3.72. The molecule has 4 aromatic rings. The molecule has 1 aromatic carbocycles. The maximum Gasteiger partial charge on any atom is 0.204 e. The molecule has 0 saturated heterocycles. The molecule has 154 valence electrons. The zero-order valence-corrected chi connectivity index (χ0v) is 17.9. The molecule has 0 fully saturated rings. The van der Waals surface area contributed by atoms with Crippen molar-refractivity contribution in [2.75, 3.05) is 30.3 Å². The number of hydrogen-bond donors (Lipinski definition) is 3. The molecule has 0 amide bonds. The number of anilines is 2. The molecule has 3 N–H and O–H groups in total.